The predicted molar refractivity (Wildman–Crippen MR) is 34.0 cm³/mol. The first kappa shape index (κ1) is 12.8. The fourth-order valence-corrected chi connectivity index (χ4v) is 0.465. The Bertz CT molecular complexity index is 111. The molecule has 1 fully saturated rings. The first-order valence-corrected chi connectivity index (χ1v) is 3.06. The van der Waals surface area contributed by atoms with Gasteiger partial charge in [0.2, 0.25) is 0 Å². The molecule has 0 N–H and O–H groups in total. The van der Waals surface area contributed by atoms with Gasteiger partial charge in [-0.05, 0) is 12.8 Å². The molecular formula is C6H10NO2U-. The maximum atomic E-state index is 10.1. The third-order valence-corrected chi connectivity index (χ3v) is 0.802. The Kier molecular flexibility index (Phi) is 9.37. The van der Waals surface area contributed by atoms with Crippen LogP contribution >= 0.6 is 0 Å². The third-order valence-electron chi connectivity index (χ3n) is 0.802. The molecule has 0 aromatic heterocycles. The Labute approximate surface area is 84.3 Å². The number of carbonyl (C=O) groups excluding carboxylic acids is 2. The molecule has 4 heteroatoms. The van der Waals surface area contributed by atoms with E-state index in [1.165, 1.54) is 0 Å². The van der Waals surface area contributed by atoms with Gasteiger partial charge in [0.15, 0.2) is 0 Å². The van der Waals surface area contributed by atoms with Crippen LogP contribution in [0.15, 0.2) is 0 Å². The van der Waals surface area contributed by atoms with Crippen LogP contribution in [0.25, 0.3) is 5.32 Å². The molecule has 0 atom stereocenters. The van der Waals surface area contributed by atoms with Gasteiger partial charge < -0.3 is 14.9 Å². The van der Waals surface area contributed by atoms with Gasteiger partial charge in [0.05, 0.1) is 11.8 Å². The second-order valence-electron chi connectivity index (χ2n) is 1.40. The fraction of sp³-hybridized carbons (Fsp3) is 0.667. The molecule has 0 aliphatic carbocycles. The van der Waals surface area contributed by atoms with Crippen molar-refractivity contribution in [3.63, 3.8) is 0 Å². The summed E-state index contributed by atoms with van der Waals surface area (Å²) in [6.07, 6.45) is 0.637. The van der Waals surface area contributed by atoms with Crippen molar-refractivity contribution < 1.29 is 40.7 Å². The van der Waals surface area contributed by atoms with E-state index in [4.69, 9.17) is 0 Å². The zero-order valence-electron chi connectivity index (χ0n) is 6.18. The van der Waals surface area contributed by atoms with Crippen molar-refractivity contribution in [3.05, 3.63) is 5.32 Å². The maximum absolute atomic E-state index is 10.1. The third kappa shape index (κ3) is 5.01. The average molecular weight is 366 g/mol. The number of imide groups is 1. The molecule has 1 saturated heterocycles. The average Bonchev–Trinajstić information content (AvgIpc) is 2.20. The van der Waals surface area contributed by atoms with Crippen molar-refractivity contribution in [2.75, 3.05) is 0 Å². The Morgan fingerprint density at radius 1 is 1.10 bits per heavy atom. The molecule has 10 heavy (non-hydrogen) atoms. The predicted octanol–water partition coefficient (Wildman–Crippen LogP) is 1.23. The summed E-state index contributed by atoms with van der Waals surface area (Å²) in [5, 5.41) is 3.11. The number of amides is 2. The number of hydrogen-bond donors (Lipinski definition) is 0. The number of nitrogens with zero attached hydrogens (tertiary/aromatic N) is 1. The molecule has 1 aliphatic rings. The second-order valence-corrected chi connectivity index (χ2v) is 1.40. The normalized spacial score (nSPS) is 14.6. The van der Waals surface area contributed by atoms with Crippen LogP contribution in [0, 0.1) is 31.1 Å². The number of hydrogen-bond acceptors (Lipinski definition) is 2. The molecule has 0 aromatic carbocycles. The molecule has 0 unspecified atom stereocenters. The summed E-state index contributed by atoms with van der Waals surface area (Å²) in [5.74, 6) is -0.546. The molecule has 3 nitrogen and oxygen atoms in total. The van der Waals surface area contributed by atoms with Gasteiger partial charge in [0.25, 0.3) is 0 Å². The van der Waals surface area contributed by atoms with Crippen LogP contribution < -0.4 is 0 Å². The van der Waals surface area contributed by atoms with E-state index in [1.807, 2.05) is 13.8 Å². The Morgan fingerprint density at radius 3 is 1.50 bits per heavy atom. The zero-order chi connectivity index (χ0) is 7.28. The molecule has 56 valence electrons. The van der Waals surface area contributed by atoms with Crippen LogP contribution in [0.3, 0.4) is 0 Å². The van der Waals surface area contributed by atoms with Crippen molar-refractivity contribution in [3.8, 4) is 0 Å². The minimum Gasteiger partial charge on any atom is -0.596 e. The summed E-state index contributed by atoms with van der Waals surface area (Å²) in [6, 6.07) is 0. The topological polar surface area (TPSA) is 48.2 Å². The van der Waals surface area contributed by atoms with Crippen LogP contribution in [0.2, 0.25) is 0 Å². The largest absolute Gasteiger partial charge is 0.596 e. The summed E-state index contributed by atoms with van der Waals surface area (Å²) in [5.41, 5.74) is 0. The van der Waals surface area contributed by atoms with E-state index < -0.39 is 0 Å². The van der Waals surface area contributed by atoms with Gasteiger partial charge in [-0.2, -0.15) is 0 Å². The van der Waals surface area contributed by atoms with Gasteiger partial charge in [-0.15, -0.1) is 0 Å². The van der Waals surface area contributed by atoms with Crippen molar-refractivity contribution in [1.29, 1.82) is 0 Å². The van der Waals surface area contributed by atoms with Crippen molar-refractivity contribution in [1.82, 2.24) is 0 Å². The molecule has 0 aromatic rings. The molecule has 0 saturated carbocycles. The van der Waals surface area contributed by atoms with E-state index in [-0.39, 0.29) is 42.9 Å². The minimum atomic E-state index is -0.273. The zero-order valence-corrected chi connectivity index (χ0v) is 10.3. The summed E-state index contributed by atoms with van der Waals surface area (Å²) in [7, 11) is 0. The first-order chi connectivity index (χ1) is 4.29. The standard InChI is InChI=1S/C4H5NO2.C2H6.U/c6-3-1-2-4(7)5-3;1-2;/h1-2H2,(H,5,6,7);1-2H3;/p-1. The SMILES string of the molecule is CC.O=C1CCC(=O)[N-]1.[U]. The summed E-state index contributed by atoms with van der Waals surface area (Å²) in [4.78, 5) is 20.1. The van der Waals surface area contributed by atoms with E-state index in [0.717, 1.165) is 0 Å². The Morgan fingerprint density at radius 2 is 1.40 bits per heavy atom. The molecule has 0 radical (unpaired) electrons. The Balaban J connectivity index is 0. The number of carbonyl (C=O) groups is 2. The van der Waals surface area contributed by atoms with Gasteiger partial charge in [0, 0.05) is 31.1 Å². The van der Waals surface area contributed by atoms with Crippen LogP contribution in [0.1, 0.15) is 26.7 Å². The fourth-order valence-electron chi connectivity index (χ4n) is 0.465. The first-order valence-electron chi connectivity index (χ1n) is 3.06. The van der Waals surface area contributed by atoms with Gasteiger partial charge in [-0.1, -0.05) is 13.8 Å². The Hall–Kier alpha value is 0.192. The quantitative estimate of drug-likeness (QED) is 0.606. The van der Waals surface area contributed by atoms with Crippen LogP contribution in [0.5, 0.6) is 0 Å². The number of rotatable bonds is 0. The van der Waals surface area contributed by atoms with E-state index in [0.29, 0.717) is 12.8 Å². The van der Waals surface area contributed by atoms with Crippen molar-refractivity contribution in [2.45, 2.75) is 26.7 Å². The van der Waals surface area contributed by atoms with E-state index >= 15 is 0 Å². The molecule has 1 heterocycles. The molecule has 1 rings (SSSR count). The van der Waals surface area contributed by atoms with E-state index in [2.05, 4.69) is 5.32 Å². The van der Waals surface area contributed by atoms with Gasteiger partial charge in [-0.3, -0.25) is 0 Å². The molecule has 0 bridgehead atoms. The smallest absolute Gasteiger partial charge is 0.0568 e. The monoisotopic (exact) mass is 366 g/mol. The summed E-state index contributed by atoms with van der Waals surface area (Å²) >= 11 is 0. The summed E-state index contributed by atoms with van der Waals surface area (Å²) < 4.78 is 0. The second kappa shape index (κ2) is 7.30. The minimum absolute atomic E-state index is 0. The van der Waals surface area contributed by atoms with Crippen LogP contribution in [0.4, 0.5) is 0 Å². The van der Waals surface area contributed by atoms with Gasteiger partial charge in [0.1, 0.15) is 0 Å². The van der Waals surface area contributed by atoms with Crippen molar-refractivity contribution >= 4 is 11.8 Å². The molecule has 0 spiro atoms. The van der Waals surface area contributed by atoms with Crippen LogP contribution in [-0.4, -0.2) is 11.8 Å². The van der Waals surface area contributed by atoms with Crippen LogP contribution in [-0.2, 0) is 9.59 Å². The molecule has 1 aliphatic heterocycles. The van der Waals surface area contributed by atoms with Gasteiger partial charge in [-0.25, -0.2) is 0 Å². The van der Waals surface area contributed by atoms with Crippen molar-refractivity contribution in [2.24, 2.45) is 0 Å². The van der Waals surface area contributed by atoms with E-state index in [9.17, 15) is 9.59 Å². The maximum Gasteiger partial charge on any atom is 0.0568 e. The summed E-state index contributed by atoms with van der Waals surface area (Å²) in [6.45, 7) is 4.00. The van der Waals surface area contributed by atoms with Gasteiger partial charge >= 0.3 is 0 Å². The molecular weight excluding hydrogens is 356 g/mol. The van der Waals surface area contributed by atoms with E-state index in [1.54, 1.807) is 0 Å². The molecule has 2 amide bonds.